The van der Waals surface area contributed by atoms with Gasteiger partial charge in [-0.25, -0.2) is 0 Å². The second kappa shape index (κ2) is 3.88. The Kier molecular flexibility index (Phi) is 2.83. The molecule has 0 fully saturated rings. The molecule has 12 heavy (non-hydrogen) atoms. The highest BCUT2D eigenvalue weighted by Crippen LogP contribution is 2.15. The molecule has 0 spiro atoms. The first kappa shape index (κ1) is 8.75. The predicted octanol–water partition coefficient (Wildman–Crippen LogP) is 0.527. The first-order chi connectivity index (χ1) is 5.75. The van der Waals surface area contributed by atoms with Crippen LogP contribution in [0.4, 0.5) is 11.4 Å². The van der Waals surface area contributed by atoms with Crippen LogP contribution in [0.15, 0.2) is 12.4 Å². The Hall–Kier alpha value is -1.34. The van der Waals surface area contributed by atoms with Gasteiger partial charge in [0.2, 0.25) is 0 Å². The fourth-order valence-electron chi connectivity index (χ4n) is 0.721. The lowest BCUT2D eigenvalue weighted by Crippen LogP contribution is -1.98. The van der Waals surface area contributed by atoms with Gasteiger partial charge >= 0.3 is 0 Å². The van der Waals surface area contributed by atoms with E-state index in [-0.39, 0.29) is 0 Å². The van der Waals surface area contributed by atoms with Gasteiger partial charge in [0.25, 0.3) is 0 Å². The van der Waals surface area contributed by atoms with Crippen molar-refractivity contribution in [3.63, 3.8) is 0 Å². The fourth-order valence-corrected chi connectivity index (χ4v) is 0.800. The maximum absolute atomic E-state index is 5.63. The van der Waals surface area contributed by atoms with E-state index in [9.17, 15) is 0 Å². The highest BCUT2D eigenvalue weighted by atomic mass is 32.1. The van der Waals surface area contributed by atoms with Gasteiger partial charge in [0, 0.05) is 6.20 Å². The third-order valence-electron chi connectivity index (χ3n) is 1.32. The number of nitrogen functional groups attached to an aromatic ring is 2. The summed E-state index contributed by atoms with van der Waals surface area (Å²) in [5.41, 5.74) is 12.8. The SMILES string of the molecule is Nc1cncc(C#CCS)c1N. The van der Waals surface area contributed by atoms with Gasteiger partial charge in [-0.3, -0.25) is 4.98 Å². The van der Waals surface area contributed by atoms with Crippen molar-refractivity contribution in [2.24, 2.45) is 0 Å². The van der Waals surface area contributed by atoms with Gasteiger partial charge < -0.3 is 11.5 Å². The summed E-state index contributed by atoms with van der Waals surface area (Å²) < 4.78 is 0. The van der Waals surface area contributed by atoms with Crippen molar-refractivity contribution in [1.82, 2.24) is 4.98 Å². The number of aromatic nitrogens is 1. The van der Waals surface area contributed by atoms with E-state index in [4.69, 9.17) is 11.5 Å². The summed E-state index contributed by atoms with van der Waals surface area (Å²) in [7, 11) is 0. The van der Waals surface area contributed by atoms with E-state index < -0.39 is 0 Å². The van der Waals surface area contributed by atoms with E-state index in [1.807, 2.05) is 0 Å². The fraction of sp³-hybridized carbons (Fsp3) is 0.125. The first-order valence-corrected chi connectivity index (χ1v) is 3.97. The molecular formula is C8H9N3S. The van der Waals surface area contributed by atoms with Gasteiger partial charge in [-0.1, -0.05) is 11.8 Å². The molecule has 1 heterocycles. The third kappa shape index (κ3) is 1.83. The molecule has 62 valence electrons. The summed E-state index contributed by atoms with van der Waals surface area (Å²) >= 11 is 3.94. The number of anilines is 2. The van der Waals surface area contributed by atoms with E-state index in [1.54, 1.807) is 6.20 Å². The molecule has 3 nitrogen and oxygen atoms in total. The normalized spacial score (nSPS) is 8.75. The van der Waals surface area contributed by atoms with Gasteiger partial charge in [-0.15, -0.1) is 0 Å². The maximum atomic E-state index is 5.63. The Morgan fingerprint density at radius 2 is 2.17 bits per heavy atom. The maximum Gasteiger partial charge on any atom is 0.0747 e. The zero-order chi connectivity index (χ0) is 8.97. The number of hydrogen-bond donors (Lipinski definition) is 3. The molecule has 0 radical (unpaired) electrons. The molecule has 0 aliphatic carbocycles. The summed E-state index contributed by atoms with van der Waals surface area (Å²) in [5.74, 6) is 6.08. The summed E-state index contributed by atoms with van der Waals surface area (Å²) in [6.07, 6.45) is 3.09. The van der Waals surface area contributed by atoms with Crippen LogP contribution in [0.25, 0.3) is 0 Å². The van der Waals surface area contributed by atoms with Crippen LogP contribution in [-0.2, 0) is 0 Å². The molecule has 1 aromatic rings. The molecule has 4 N–H and O–H groups in total. The molecule has 1 aromatic heterocycles. The van der Waals surface area contributed by atoms with Crippen molar-refractivity contribution >= 4 is 24.0 Å². The molecule has 0 amide bonds. The van der Waals surface area contributed by atoms with E-state index >= 15 is 0 Å². The molecule has 0 bridgehead atoms. The number of nitrogens with zero attached hydrogens (tertiary/aromatic N) is 1. The van der Waals surface area contributed by atoms with Crippen molar-refractivity contribution in [3.8, 4) is 11.8 Å². The van der Waals surface area contributed by atoms with Crippen molar-refractivity contribution in [2.75, 3.05) is 17.2 Å². The number of pyridine rings is 1. The smallest absolute Gasteiger partial charge is 0.0747 e. The lowest BCUT2D eigenvalue weighted by Gasteiger charge is -1.99. The van der Waals surface area contributed by atoms with Gasteiger partial charge in [-0.05, 0) is 0 Å². The van der Waals surface area contributed by atoms with E-state index in [0.717, 1.165) is 0 Å². The topological polar surface area (TPSA) is 64.9 Å². The van der Waals surface area contributed by atoms with Crippen LogP contribution in [-0.4, -0.2) is 10.7 Å². The number of nitrogens with two attached hydrogens (primary N) is 2. The number of hydrogen-bond acceptors (Lipinski definition) is 4. The van der Waals surface area contributed by atoms with Crippen molar-refractivity contribution < 1.29 is 0 Å². The lowest BCUT2D eigenvalue weighted by atomic mass is 10.2. The van der Waals surface area contributed by atoms with Crippen molar-refractivity contribution in [2.45, 2.75) is 0 Å². The summed E-state index contributed by atoms with van der Waals surface area (Å²) in [4.78, 5) is 3.87. The van der Waals surface area contributed by atoms with Gasteiger partial charge in [0.15, 0.2) is 0 Å². The molecule has 1 rings (SSSR count). The number of thiol groups is 1. The summed E-state index contributed by atoms with van der Waals surface area (Å²) in [6.45, 7) is 0. The Balaban J connectivity index is 3.08. The quantitative estimate of drug-likeness (QED) is 0.402. The Morgan fingerprint density at radius 1 is 1.42 bits per heavy atom. The van der Waals surface area contributed by atoms with Crippen LogP contribution in [0.5, 0.6) is 0 Å². The molecule has 0 aliphatic rings. The van der Waals surface area contributed by atoms with E-state index in [0.29, 0.717) is 22.7 Å². The molecule has 0 saturated heterocycles. The number of rotatable bonds is 0. The zero-order valence-electron chi connectivity index (χ0n) is 6.41. The van der Waals surface area contributed by atoms with Crippen LogP contribution in [0, 0.1) is 11.8 Å². The molecule has 0 unspecified atom stereocenters. The van der Waals surface area contributed by atoms with Crippen molar-refractivity contribution in [3.05, 3.63) is 18.0 Å². The summed E-state index contributed by atoms with van der Waals surface area (Å²) in [6, 6.07) is 0. The molecule has 0 aliphatic heterocycles. The average Bonchev–Trinajstić information content (AvgIpc) is 2.08. The molecule has 4 heteroatoms. The second-order valence-corrected chi connectivity index (χ2v) is 2.47. The van der Waals surface area contributed by atoms with E-state index in [1.165, 1.54) is 6.20 Å². The van der Waals surface area contributed by atoms with Crippen LogP contribution in [0.3, 0.4) is 0 Å². The molecular weight excluding hydrogens is 170 g/mol. The van der Waals surface area contributed by atoms with Crippen molar-refractivity contribution in [1.29, 1.82) is 0 Å². The first-order valence-electron chi connectivity index (χ1n) is 3.34. The molecule has 0 atom stereocenters. The average molecular weight is 179 g/mol. The van der Waals surface area contributed by atoms with Crippen LogP contribution >= 0.6 is 12.6 Å². The summed E-state index contributed by atoms with van der Waals surface area (Å²) in [5, 5.41) is 0. The van der Waals surface area contributed by atoms with Gasteiger partial charge in [-0.2, -0.15) is 12.6 Å². The second-order valence-electron chi connectivity index (χ2n) is 2.15. The third-order valence-corrected chi connectivity index (χ3v) is 1.48. The van der Waals surface area contributed by atoms with E-state index in [2.05, 4.69) is 29.5 Å². The van der Waals surface area contributed by atoms with Gasteiger partial charge in [0.1, 0.15) is 0 Å². The largest absolute Gasteiger partial charge is 0.396 e. The van der Waals surface area contributed by atoms with Gasteiger partial charge in [0.05, 0.1) is 28.9 Å². The highest BCUT2D eigenvalue weighted by molar-refractivity contribution is 7.80. The zero-order valence-corrected chi connectivity index (χ0v) is 7.31. The lowest BCUT2D eigenvalue weighted by molar-refractivity contribution is 1.32. The van der Waals surface area contributed by atoms with Crippen LogP contribution in [0.1, 0.15) is 5.56 Å². The van der Waals surface area contributed by atoms with Crippen LogP contribution < -0.4 is 11.5 Å². The highest BCUT2D eigenvalue weighted by Gasteiger charge is 1.98. The molecule has 0 saturated carbocycles. The van der Waals surface area contributed by atoms with Crippen LogP contribution in [0.2, 0.25) is 0 Å². The monoisotopic (exact) mass is 179 g/mol. The molecule has 0 aromatic carbocycles. The Labute approximate surface area is 76.6 Å². The minimum atomic E-state index is 0.459. The Morgan fingerprint density at radius 3 is 2.83 bits per heavy atom. The predicted molar refractivity (Wildman–Crippen MR) is 53.8 cm³/mol. The minimum Gasteiger partial charge on any atom is -0.396 e. The Bertz CT molecular complexity index is 338. The minimum absolute atomic E-state index is 0.459. The standard InChI is InChI=1S/C8H9N3S/c9-7-5-11-4-6(8(7)10)2-1-3-12/h4-5,12H,3,9H2,(H2,10,11).